The molecule has 2 aliphatic rings. The number of pyridine rings is 2. The minimum absolute atomic E-state index is 0.0881. The van der Waals surface area contributed by atoms with Crippen molar-refractivity contribution < 1.29 is 13.9 Å². The number of carbonyl (C=O) groups is 1. The Morgan fingerprint density at radius 3 is 2.66 bits per heavy atom. The van der Waals surface area contributed by atoms with E-state index in [0.717, 1.165) is 47.5 Å². The third kappa shape index (κ3) is 4.28. The van der Waals surface area contributed by atoms with E-state index in [0.29, 0.717) is 24.8 Å². The fourth-order valence-electron chi connectivity index (χ4n) is 4.43. The van der Waals surface area contributed by atoms with Gasteiger partial charge in [0.15, 0.2) is 0 Å². The molecule has 1 amide bonds. The Morgan fingerprint density at radius 2 is 1.94 bits per heavy atom. The first-order valence-corrected chi connectivity index (χ1v) is 11.0. The first-order valence-electron chi connectivity index (χ1n) is 11.0. The summed E-state index contributed by atoms with van der Waals surface area (Å²) in [6.07, 6.45) is 5.74. The summed E-state index contributed by atoms with van der Waals surface area (Å²) in [6.45, 7) is 3.48. The zero-order valence-electron chi connectivity index (χ0n) is 17.9. The van der Waals surface area contributed by atoms with Gasteiger partial charge in [-0.15, -0.1) is 0 Å². The predicted molar refractivity (Wildman–Crippen MR) is 120 cm³/mol. The molecule has 0 aliphatic carbocycles. The Kier molecular flexibility index (Phi) is 5.47. The van der Waals surface area contributed by atoms with E-state index in [2.05, 4.69) is 15.3 Å². The number of nitrogens with one attached hydrogen (secondary N) is 1. The monoisotopic (exact) mass is 432 g/mol. The number of benzene rings is 1. The van der Waals surface area contributed by atoms with Crippen LogP contribution in [0.2, 0.25) is 0 Å². The van der Waals surface area contributed by atoms with Gasteiger partial charge >= 0.3 is 0 Å². The number of ether oxygens (including phenoxy) is 1. The minimum atomic E-state index is -0.367. The standard InChI is InChI=1S/C25H25FN4O2/c1-16-12-19-13-18(2-6-23(19)32-16)25(31)30-10-8-17(9-11-30)22-5-4-21(15-27-22)29-24-7-3-20(26)14-28-24/h2-7,13-17H,8-12H2,1H3,(H,28,29)/t16-/m0/s1. The molecule has 2 aromatic heterocycles. The molecule has 1 atom stereocenters. The molecule has 1 aromatic carbocycles. The summed E-state index contributed by atoms with van der Waals surface area (Å²) in [5, 5.41) is 3.12. The summed E-state index contributed by atoms with van der Waals surface area (Å²) < 4.78 is 18.7. The van der Waals surface area contributed by atoms with E-state index in [4.69, 9.17) is 4.74 Å². The molecular weight excluding hydrogens is 407 g/mol. The fraction of sp³-hybridized carbons (Fsp3) is 0.320. The number of anilines is 2. The van der Waals surface area contributed by atoms with Gasteiger partial charge in [-0.2, -0.15) is 0 Å². The molecule has 164 valence electrons. The normalized spacial score (nSPS) is 18.2. The van der Waals surface area contributed by atoms with Gasteiger partial charge in [-0.3, -0.25) is 9.78 Å². The maximum atomic E-state index is 13.0. The summed E-state index contributed by atoms with van der Waals surface area (Å²) in [6, 6.07) is 12.7. The van der Waals surface area contributed by atoms with Gasteiger partial charge in [-0.05, 0) is 67.8 Å². The number of hydrogen-bond donors (Lipinski definition) is 1. The number of hydrogen-bond acceptors (Lipinski definition) is 5. The molecule has 2 aliphatic heterocycles. The summed E-state index contributed by atoms with van der Waals surface area (Å²) in [5.41, 5.74) is 3.68. The molecule has 5 rings (SSSR count). The largest absolute Gasteiger partial charge is 0.490 e. The van der Waals surface area contributed by atoms with Crippen LogP contribution >= 0.6 is 0 Å². The number of piperidine rings is 1. The maximum Gasteiger partial charge on any atom is 0.253 e. The molecular formula is C25H25FN4O2. The van der Waals surface area contributed by atoms with Crippen molar-refractivity contribution in [1.82, 2.24) is 14.9 Å². The van der Waals surface area contributed by atoms with E-state index >= 15 is 0 Å². The van der Waals surface area contributed by atoms with Gasteiger partial charge in [-0.25, -0.2) is 9.37 Å². The van der Waals surface area contributed by atoms with Gasteiger partial charge < -0.3 is 15.0 Å². The van der Waals surface area contributed by atoms with Gasteiger partial charge in [0.05, 0.1) is 18.1 Å². The highest BCUT2D eigenvalue weighted by Gasteiger charge is 2.27. The van der Waals surface area contributed by atoms with Crippen LogP contribution in [-0.4, -0.2) is 40.0 Å². The fourth-order valence-corrected chi connectivity index (χ4v) is 4.43. The Labute approximate surface area is 186 Å². The van der Waals surface area contributed by atoms with Crippen LogP contribution in [-0.2, 0) is 6.42 Å². The number of halogens is 1. The van der Waals surface area contributed by atoms with Crippen molar-refractivity contribution in [1.29, 1.82) is 0 Å². The lowest BCUT2D eigenvalue weighted by Gasteiger charge is -2.32. The molecule has 0 spiro atoms. The molecule has 3 aromatic rings. The van der Waals surface area contributed by atoms with Crippen molar-refractivity contribution in [3.63, 3.8) is 0 Å². The average Bonchev–Trinajstić information content (AvgIpc) is 3.20. The van der Waals surface area contributed by atoms with Gasteiger partial charge in [0, 0.05) is 36.7 Å². The maximum absolute atomic E-state index is 13.0. The van der Waals surface area contributed by atoms with Crippen LogP contribution in [0.4, 0.5) is 15.9 Å². The van der Waals surface area contributed by atoms with Crippen LogP contribution in [0, 0.1) is 5.82 Å². The summed E-state index contributed by atoms with van der Waals surface area (Å²) in [7, 11) is 0. The highest BCUT2D eigenvalue weighted by molar-refractivity contribution is 5.94. The van der Waals surface area contributed by atoms with Crippen molar-refractivity contribution in [2.75, 3.05) is 18.4 Å². The summed E-state index contributed by atoms with van der Waals surface area (Å²) >= 11 is 0. The highest BCUT2D eigenvalue weighted by atomic mass is 19.1. The number of likely N-dealkylation sites (tertiary alicyclic amines) is 1. The summed E-state index contributed by atoms with van der Waals surface area (Å²) in [4.78, 5) is 23.5. The molecule has 32 heavy (non-hydrogen) atoms. The third-order valence-corrected chi connectivity index (χ3v) is 6.13. The summed E-state index contributed by atoms with van der Waals surface area (Å²) in [5.74, 6) is 1.51. The molecule has 1 N–H and O–H groups in total. The second-order valence-corrected chi connectivity index (χ2v) is 8.48. The van der Waals surface area contributed by atoms with Crippen LogP contribution in [0.3, 0.4) is 0 Å². The smallest absolute Gasteiger partial charge is 0.253 e. The topological polar surface area (TPSA) is 67.4 Å². The van der Waals surface area contributed by atoms with E-state index in [1.54, 1.807) is 12.3 Å². The van der Waals surface area contributed by atoms with Gasteiger partial charge in [-0.1, -0.05) is 0 Å². The van der Waals surface area contributed by atoms with Gasteiger partial charge in [0.25, 0.3) is 5.91 Å². The van der Waals surface area contributed by atoms with Gasteiger partial charge in [0.1, 0.15) is 23.5 Å². The lowest BCUT2D eigenvalue weighted by molar-refractivity contribution is 0.0712. The first-order chi connectivity index (χ1) is 15.5. The molecule has 6 nitrogen and oxygen atoms in total. The lowest BCUT2D eigenvalue weighted by Crippen LogP contribution is -2.38. The Bertz CT molecular complexity index is 1110. The van der Waals surface area contributed by atoms with E-state index in [1.807, 2.05) is 42.2 Å². The average molecular weight is 432 g/mol. The quantitative estimate of drug-likeness (QED) is 0.647. The SMILES string of the molecule is C[C@H]1Cc2cc(C(=O)N3CCC(c4ccc(Nc5ccc(F)cn5)cn4)CC3)ccc2O1. The predicted octanol–water partition coefficient (Wildman–Crippen LogP) is 4.70. The number of amides is 1. The highest BCUT2D eigenvalue weighted by Crippen LogP contribution is 2.31. The molecule has 1 fully saturated rings. The molecule has 0 radical (unpaired) electrons. The zero-order valence-corrected chi connectivity index (χ0v) is 17.9. The Balaban J connectivity index is 1.18. The van der Waals surface area contributed by atoms with E-state index < -0.39 is 0 Å². The van der Waals surface area contributed by atoms with Crippen LogP contribution in [0.15, 0.2) is 54.9 Å². The second kappa shape index (κ2) is 8.57. The van der Waals surface area contributed by atoms with E-state index in [-0.39, 0.29) is 17.8 Å². The van der Waals surface area contributed by atoms with Crippen LogP contribution in [0.25, 0.3) is 0 Å². The minimum Gasteiger partial charge on any atom is -0.490 e. The van der Waals surface area contributed by atoms with Crippen molar-refractivity contribution >= 4 is 17.4 Å². The molecule has 0 bridgehead atoms. The molecule has 4 heterocycles. The van der Waals surface area contributed by atoms with Crippen LogP contribution in [0.1, 0.15) is 47.3 Å². The second-order valence-electron chi connectivity index (χ2n) is 8.48. The van der Waals surface area contributed by atoms with Crippen molar-refractivity contribution in [3.8, 4) is 5.75 Å². The van der Waals surface area contributed by atoms with E-state index in [9.17, 15) is 9.18 Å². The Hall–Kier alpha value is -3.48. The van der Waals surface area contributed by atoms with Gasteiger partial charge in [0.2, 0.25) is 0 Å². The number of nitrogens with zero attached hydrogens (tertiary/aromatic N) is 3. The van der Waals surface area contributed by atoms with Crippen molar-refractivity contribution in [2.45, 2.75) is 38.2 Å². The van der Waals surface area contributed by atoms with Crippen LogP contribution < -0.4 is 10.1 Å². The number of rotatable bonds is 4. The van der Waals surface area contributed by atoms with Crippen LogP contribution in [0.5, 0.6) is 5.75 Å². The van der Waals surface area contributed by atoms with E-state index in [1.165, 1.54) is 12.3 Å². The molecule has 0 unspecified atom stereocenters. The first kappa shape index (κ1) is 20.4. The zero-order chi connectivity index (χ0) is 22.1. The number of aromatic nitrogens is 2. The third-order valence-electron chi connectivity index (χ3n) is 6.13. The molecule has 0 saturated carbocycles. The van der Waals surface area contributed by atoms with Crippen molar-refractivity contribution in [3.05, 3.63) is 77.5 Å². The number of fused-ring (bicyclic) bond motifs is 1. The lowest BCUT2D eigenvalue weighted by atomic mass is 9.92. The molecule has 7 heteroatoms. The van der Waals surface area contributed by atoms with Crippen molar-refractivity contribution in [2.24, 2.45) is 0 Å². The number of carbonyl (C=O) groups excluding carboxylic acids is 1. The molecule has 1 saturated heterocycles. The Morgan fingerprint density at radius 1 is 1.09 bits per heavy atom.